The number of H-pyrrole nitrogens is 1. The molecule has 0 aliphatic carbocycles. The summed E-state index contributed by atoms with van der Waals surface area (Å²) in [6.45, 7) is 0. The summed E-state index contributed by atoms with van der Waals surface area (Å²) in [4.78, 5) is 14.8. The van der Waals surface area contributed by atoms with E-state index in [0.29, 0.717) is 10.7 Å². The zero-order valence-corrected chi connectivity index (χ0v) is 7.90. The van der Waals surface area contributed by atoms with Crippen molar-refractivity contribution in [2.45, 2.75) is 5.03 Å². The molecule has 0 saturated carbocycles. The number of aromatic amines is 1. The molecule has 2 aromatic rings. The van der Waals surface area contributed by atoms with Crippen molar-refractivity contribution in [1.29, 1.82) is 0 Å². The number of aromatic nitrogens is 4. The largest absolute Gasteiger partial charge is 0.462 e. The molecule has 2 heterocycles. The SMILES string of the molecule is OB(O)CSc1ncnc2nc[nH]c12. The van der Waals surface area contributed by atoms with E-state index in [1.165, 1.54) is 24.4 Å². The fourth-order valence-corrected chi connectivity index (χ4v) is 1.73. The Balaban J connectivity index is 2.27. The lowest BCUT2D eigenvalue weighted by molar-refractivity contribution is 0.415. The second-order valence-corrected chi connectivity index (χ2v) is 3.58. The highest BCUT2D eigenvalue weighted by Crippen LogP contribution is 2.21. The van der Waals surface area contributed by atoms with Crippen LogP contribution in [0.25, 0.3) is 11.2 Å². The Morgan fingerprint density at radius 3 is 3.00 bits per heavy atom. The van der Waals surface area contributed by atoms with Gasteiger partial charge in [0.15, 0.2) is 5.65 Å². The van der Waals surface area contributed by atoms with Crippen molar-refractivity contribution in [2.75, 3.05) is 5.65 Å². The standard InChI is InChI=1S/C6H7BN4O2S/c12-7(13)1-14-6-4-5(9-2-8-4)10-3-11-6/h2-3,12-13H,1H2,(H,8,9,10,11). The number of imidazole rings is 1. The summed E-state index contributed by atoms with van der Waals surface area (Å²) in [5.74, 6) is 0. The van der Waals surface area contributed by atoms with E-state index in [4.69, 9.17) is 10.0 Å². The van der Waals surface area contributed by atoms with Crippen molar-refractivity contribution in [1.82, 2.24) is 19.9 Å². The Morgan fingerprint density at radius 2 is 2.21 bits per heavy atom. The van der Waals surface area contributed by atoms with Crippen LogP contribution in [-0.4, -0.2) is 42.8 Å². The lowest BCUT2D eigenvalue weighted by atomic mass is 9.98. The molecule has 14 heavy (non-hydrogen) atoms. The highest BCUT2D eigenvalue weighted by molar-refractivity contribution is 8.00. The zero-order valence-electron chi connectivity index (χ0n) is 7.08. The predicted molar refractivity (Wildman–Crippen MR) is 52.6 cm³/mol. The van der Waals surface area contributed by atoms with Gasteiger partial charge in [0.1, 0.15) is 16.9 Å². The number of hydrogen-bond donors (Lipinski definition) is 3. The summed E-state index contributed by atoms with van der Waals surface area (Å²) in [5.41, 5.74) is 1.47. The molecule has 0 radical (unpaired) electrons. The molecule has 0 atom stereocenters. The third-order valence-corrected chi connectivity index (χ3v) is 2.61. The normalized spacial score (nSPS) is 10.7. The number of nitrogens with one attached hydrogen (secondary N) is 1. The van der Waals surface area contributed by atoms with Crippen LogP contribution in [0, 0.1) is 0 Å². The minimum atomic E-state index is -1.34. The second-order valence-electron chi connectivity index (χ2n) is 2.57. The molecular weight excluding hydrogens is 203 g/mol. The summed E-state index contributed by atoms with van der Waals surface area (Å²) >= 11 is 1.24. The first-order valence-corrected chi connectivity index (χ1v) is 4.89. The van der Waals surface area contributed by atoms with Crippen LogP contribution in [0.1, 0.15) is 0 Å². The molecule has 72 valence electrons. The number of thioether (sulfide) groups is 1. The van der Waals surface area contributed by atoms with E-state index in [1.807, 2.05) is 0 Å². The minimum Gasteiger partial charge on any atom is -0.427 e. The molecule has 0 fully saturated rings. The summed E-state index contributed by atoms with van der Waals surface area (Å²) in [7, 11) is -1.34. The average Bonchev–Trinajstić information content (AvgIpc) is 2.62. The first-order chi connectivity index (χ1) is 6.77. The fourth-order valence-electron chi connectivity index (χ4n) is 1.01. The van der Waals surface area contributed by atoms with E-state index in [9.17, 15) is 0 Å². The molecule has 0 unspecified atom stereocenters. The van der Waals surface area contributed by atoms with Crippen LogP contribution >= 0.6 is 11.8 Å². The Bertz CT molecular complexity index is 434. The lowest BCUT2D eigenvalue weighted by Crippen LogP contribution is -2.14. The van der Waals surface area contributed by atoms with Crippen LogP contribution in [0.15, 0.2) is 17.7 Å². The quantitative estimate of drug-likeness (QED) is 0.357. The summed E-state index contributed by atoms with van der Waals surface area (Å²) in [6, 6.07) is 0. The first-order valence-electron chi connectivity index (χ1n) is 3.90. The highest BCUT2D eigenvalue weighted by atomic mass is 32.2. The van der Waals surface area contributed by atoms with Crippen molar-refractivity contribution >= 4 is 30.0 Å². The van der Waals surface area contributed by atoms with E-state index in [-0.39, 0.29) is 5.65 Å². The van der Waals surface area contributed by atoms with E-state index < -0.39 is 7.12 Å². The molecule has 0 bridgehead atoms. The molecule has 2 rings (SSSR count). The van der Waals surface area contributed by atoms with Gasteiger partial charge in [0, 0.05) is 5.65 Å². The van der Waals surface area contributed by atoms with Gasteiger partial charge < -0.3 is 15.0 Å². The fraction of sp³-hybridized carbons (Fsp3) is 0.167. The molecule has 0 aromatic carbocycles. The molecule has 0 aliphatic rings. The van der Waals surface area contributed by atoms with E-state index in [0.717, 1.165) is 5.52 Å². The van der Waals surface area contributed by atoms with Gasteiger partial charge in [-0.3, -0.25) is 0 Å². The molecule has 0 saturated heterocycles. The van der Waals surface area contributed by atoms with Crippen LogP contribution in [0.4, 0.5) is 0 Å². The molecule has 0 amide bonds. The van der Waals surface area contributed by atoms with Crippen LogP contribution in [-0.2, 0) is 0 Å². The van der Waals surface area contributed by atoms with Gasteiger partial charge >= 0.3 is 7.12 Å². The van der Waals surface area contributed by atoms with Crippen LogP contribution in [0.3, 0.4) is 0 Å². The molecule has 6 nitrogen and oxygen atoms in total. The van der Waals surface area contributed by atoms with Gasteiger partial charge in [0.25, 0.3) is 0 Å². The molecule has 3 N–H and O–H groups in total. The highest BCUT2D eigenvalue weighted by Gasteiger charge is 2.11. The van der Waals surface area contributed by atoms with Gasteiger partial charge in [-0.15, -0.1) is 11.8 Å². The Hall–Kier alpha value is -1.12. The Morgan fingerprint density at radius 1 is 1.36 bits per heavy atom. The van der Waals surface area contributed by atoms with Crippen molar-refractivity contribution < 1.29 is 10.0 Å². The number of nitrogens with zero attached hydrogens (tertiary/aromatic N) is 3. The molecule has 2 aromatic heterocycles. The topological polar surface area (TPSA) is 94.9 Å². The van der Waals surface area contributed by atoms with Crippen LogP contribution in [0.5, 0.6) is 0 Å². The van der Waals surface area contributed by atoms with Gasteiger partial charge in [-0.2, -0.15) is 0 Å². The number of rotatable bonds is 3. The number of fused-ring (bicyclic) bond motifs is 1. The molecule has 0 spiro atoms. The van der Waals surface area contributed by atoms with Crippen LogP contribution in [0.2, 0.25) is 0 Å². The average molecular weight is 210 g/mol. The van der Waals surface area contributed by atoms with Crippen molar-refractivity contribution in [3.63, 3.8) is 0 Å². The van der Waals surface area contributed by atoms with E-state index in [1.54, 1.807) is 0 Å². The third-order valence-electron chi connectivity index (χ3n) is 1.56. The van der Waals surface area contributed by atoms with Gasteiger partial charge in [0.05, 0.1) is 6.33 Å². The maximum atomic E-state index is 8.70. The van der Waals surface area contributed by atoms with E-state index >= 15 is 0 Å². The zero-order chi connectivity index (χ0) is 9.97. The van der Waals surface area contributed by atoms with Crippen molar-refractivity contribution in [2.24, 2.45) is 0 Å². The third kappa shape index (κ3) is 1.86. The maximum absolute atomic E-state index is 8.70. The lowest BCUT2D eigenvalue weighted by Gasteiger charge is -1.99. The summed E-state index contributed by atoms with van der Waals surface area (Å²) < 4.78 is 0. The van der Waals surface area contributed by atoms with Crippen LogP contribution < -0.4 is 0 Å². The predicted octanol–water partition coefficient (Wildman–Crippen LogP) is -0.543. The van der Waals surface area contributed by atoms with Gasteiger partial charge in [0.2, 0.25) is 0 Å². The first kappa shape index (κ1) is 9.44. The van der Waals surface area contributed by atoms with Gasteiger partial charge in [-0.1, -0.05) is 0 Å². The number of hydrogen-bond acceptors (Lipinski definition) is 6. The van der Waals surface area contributed by atoms with Crippen molar-refractivity contribution in [3.8, 4) is 0 Å². The van der Waals surface area contributed by atoms with Gasteiger partial charge in [-0.05, 0) is 0 Å². The smallest absolute Gasteiger partial charge is 0.427 e. The molecule has 8 heteroatoms. The maximum Gasteiger partial charge on any atom is 0.462 e. The monoisotopic (exact) mass is 210 g/mol. The van der Waals surface area contributed by atoms with E-state index in [2.05, 4.69) is 19.9 Å². The van der Waals surface area contributed by atoms with Crippen molar-refractivity contribution in [3.05, 3.63) is 12.7 Å². The second kappa shape index (κ2) is 3.95. The van der Waals surface area contributed by atoms with Gasteiger partial charge in [-0.25, -0.2) is 15.0 Å². The summed E-state index contributed by atoms with van der Waals surface area (Å²) in [5, 5.41) is 18.1. The Labute approximate surface area is 84.0 Å². The Kier molecular flexibility index (Phi) is 2.66. The minimum absolute atomic E-state index is 0.172. The summed E-state index contributed by atoms with van der Waals surface area (Å²) in [6.07, 6.45) is 2.92. The molecule has 0 aliphatic heterocycles. The molecular formula is C6H7BN4O2S.